The van der Waals surface area contributed by atoms with Gasteiger partial charge in [-0.2, -0.15) is 5.01 Å². The molecular formula is C28H22N4O4. The van der Waals surface area contributed by atoms with Gasteiger partial charge >= 0.3 is 6.03 Å². The molecule has 0 saturated carbocycles. The van der Waals surface area contributed by atoms with E-state index < -0.39 is 35.8 Å². The Labute approximate surface area is 206 Å². The number of carbonyl (C=O) groups excluding carboxylic acids is 4. The van der Waals surface area contributed by atoms with Gasteiger partial charge in [-0.1, -0.05) is 91.0 Å². The molecule has 3 N–H and O–H groups in total. The molecular weight excluding hydrogens is 456 g/mol. The standard InChI is InChI=1S/C28H22N4O4/c33-24(18-29-25(34)21-16-15-19-9-7-8-10-20(19)17-21)31-32-26(35)28(30-27(32)36,22-11-3-1-4-12-22)23-13-5-2-6-14-23/h1-17H,18H2,(H,29,34)(H,30,36)(H,31,33). The van der Waals surface area contributed by atoms with Crippen LogP contribution < -0.4 is 16.1 Å². The van der Waals surface area contributed by atoms with Gasteiger partial charge in [0.05, 0.1) is 6.54 Å². The van der Waals surface area contributed by atoms with Crippen LogP contribution in [0.3, 0.4) is 0 Å². The summed E-state index contributed by atoms with van der Waals surface area (Å²) in [5.74, 6) is -1.82. The fourth-order valence-corrected chi connectivity index (χ4v) is 4.32. The molecule has 0 aromatic heterocycles. The predicted octanol–water partition coefficient (Wildman–Crippen LogP) is 3.10. The third-order valence-electron chi connectivity index (χ3n) is 6.09. The molecule has 0 radical (unpaired) electrons. The number of hydrogen-bond donors (Lipinski definition) is 3. The highest BCUT2D eigenvalue weighted by Crippen LogP contribution is 2.35. The molecule has 1 saturated heterocycles. The zero-order valence-electron chi connectivity index (χ0n) is 19.1. The van der Waals surface area contributed by atoms with E-state index in [4.69, 9.17) is 0 Å². The van der Waals surface area contributed by atoms with Gasteiger partial charge in [0, 0.05) is 5.56 Å². The maximum absolute atomic E-state index is 13.6. The third-order valence-corrected chi connectivity index (χ3v) is 6.09. The predicted molar refractivity (Wildman–Crippen MR) is 133 cm³/mol. The molecule has 1 fully saturated rings. The van der Waals surface area contributed by atoms with Gasteiger partial charge in [0.15, 0.2) is 5.54 Å². The monoisotopic (exact) mass is 478 g/mol. The Hall–Kier alpha value is -4.98. The molecule has 1 aliphatic rings. The lowest BCUT2D eigenvalue weighted by Crippen LogP contribution is -2.51. The molecule has 4 aromatic rings. The summed E-state index contributed by atoms with van der Waals surface area (Å²) in [5.41, 5.74) is 2.32. The highest BCUT2D eigenvalue weighted by atomic mass is 16.2. The Balaban J connectivity index is 1.31. The normalized spacial score (nSPS) is 14.4. The van der Waals surface area contributed by atoms with Crippen LogP contribution in [0.2, 0.25) is 0 Å². The van der Waals surface area contributed by atoms with Crippen molar-refractivity contribution in [3.05, 3.63) is 120 Å². The SMILES string of the molecule is O=C(CNC(=O)c1ccc2ccccc2c1)NN1C(=O)NC(c2ccccc2)(c2ccccc2)C1=O. The average molecular weight is 479 g/mol. The summed E-state index contributed by atoms with van der Waals surface area (Å²) in [6.07, 6.45) is 0. The fourth-order valence-electron chi connectivity index (χ4n) is 4.32. The molecule has 0 atom stereocenters. The number of hydrogen-bond acceptors (Lipinski definition) is 4. The van der Waals surface area contributed by atoms with Crippen molar-refractivity contribution in [3.8, 4) is 0 Å². The molecule has 5 rings (SSSR count). The van der Waals surface area contributed by atoms with Crippen LogP contribution in [0.15, 0.2) is 103 Å². The molecule has 1 heterocycles. The summed E-state index contributed by atoms with van der Waals surface area (Å²) >= 11 is 0. The molecule has 1 aliphatic heterocycles. The van der Waals surface area contributed by atoms with Gasteiger partial charge in [0.2, 0.25) is 0 Å². The minimum Gasteiger partial charge on any atom is -0.343 e. The number of benzene rings is 4. The summed E-state index contributed by atoms with van der Waals surface area (Å²) in [5, 5.41) is 7.82. The average Bonchev–Trinajstić information content (AvgIpc) is 3.18. The molecule has 178 valence electrons. The van der Waals surface area contributed by atoms with Crippen LogP contribution in [-0.4, -0.2) is 35.3 Å². The van der Waals surface area contributed by atoms with E-state index in [9.17, 15) is 19.2 Å². The van der Waals surface area contributed by atoms with Crippen molar-refractivity contribution in [2.75, 3.05) is 6.54 Å². The largest absolute Gasteiger partial charge is 0.344 e. The smallest absolute Gasteiger partial charge is 0.343 e. The minimum absolute atomic E-state index is 0.392. The van der Waals surface area contributed by atoms with Gasteiger partial charge in [0.1, 0.15) is 0 Å². The molecule has 0 aliphatic carbocycles. The molecule has 0 unspecified atom stereocenters. The van der Waals surface area contributed by atoms with E-state index >= 15 is 0 Å². The number of urea groups is 1. The number of nitrogens with zero attached hydrogens (tertiary/aromatic N) is 1. The van der Waals surface area contributed by atoms with Gasteiger partial charge in [-0.25, -0.2) is 4.79 Å². The van der Waals surface area contributed by atoms with Crippen molar-refractivity contribution in [2.24, 2.45) is 0 Å². The van der Waals surface area contributed by atoms with Crippen LogP contribution in [0.25, 0.3) is 10.8 Å². The van der Waals surface area contributed by atoms with Gasteiger partial charge in [0.25, 0.3) is 17.7 Å². The van der Waals surface area contributed by atoms with Gasteiger partial charge in [-0.3, -0.25) is 19.8 Å². The summed E-state index contributed by atoms with van der Waals surface area (Å²) in [6.45, 7) is -0.424. The number of nitrogens with one attached hydrogen (secondary N) is 3. The molecule has 4 aromatic carbocycles. The van der Waals surface area contributed by atoms with Crippen LogP contribution in [0.4, 0.5) is 4.79 Å². The van der Waals surface area contributed by atoms with Crippen LogP contribution in [0.5, 0.6) is 0 Å². The van der Waals surface area contributed by atoms with Crippen LogP contribution >= 0.6 is 0 Å². The van der Waals surface area contributed by atoms with E-state index in [-0.39, 0.29) is 0 Å². The van der Waals surface area contributed by atoms with Gasteiger partial charge in [-0.05, 0) is 34.0 Å². The highest BCUT2D eigenvalue weighted by molar-refractivity contribution is 6.10. The van der Waals surface area contributed by atoms with Gasteiger partial charge in [-0.15, -0.1) is 0 Å². The van der Waals surface area contributed by atoms with E-state index in [0.29, 0.717) is 21.7 Å². The summed E-state index contributed by atoms with van der Waals surface area (Å²) in [6, 6.07) is 29.7. The Morgan fingerprint density at radius 2 is 1.33 bits per heavy atom. The first-order chi connectivity index (χ1) is 17.5. The van der Waals surface area contributed by atoms with Crippen LogP contribution in [0.1, 0.15) is 21.5 Å². The second-order valence-corrected chi connectivity index (χ2v) is 8.33. The van der Waals surface area contributed by atoms with E-state index in [1.54, 1.807) is 72.8 Å². The minimum atomic E-state index is -1.50. The lowest BCUT2D eigenvalue weighted by Gasteiger charge is -2.27. The lowest BCUT2D eigenvalue weighted by molar-refractivity contribution is -0.138. The Morgan fingerprint density at radius 3 is 1.97 bits per heavy atom. The zero-order chi connectivity index (χ0) is 25.1. The quantitative estimate of drug-likeness (QED) is 0.370. The number of rotatable bonds is 6. The van der Waals surface area contributed by atoms with Crippen molar-refractivity contribution in [3.63, 3.8) is 0 Å². The van der Waals surface area contributed by atoms with Crippen LogP contribution in [0, 0.1) is 0 Å². The van der Waals surface area contributed by atoms with Gasteiger partial charge < -0.3 is 10.6 Å². The number of hydrazine groups is 1. The van der Waals surface area contributed by atoms with E-state index in [1.807, 2.05) is 30.3 Å². The Kier molecular flexibility index (Phi) is 5.92. The van der Waals surface area contributed by atoms with Crippen molar-refractivity contribution in [1.29, 1.82) is 0 Å². The second kappa shape index (κ2) is 9.34. The zero-order valence-corrected chi connectivity index (χ0v) is 19.1. The summed E-state index contributed by atoms with van der Waals surface area (Å²) in [7, 11) is 0. The number of carbonyl (C=O) groups is 4. The third kappa shape index (κ3) is 4.05. The number of amides is 5. The first-order valence-electron chi connectivity index (χ1n) is 11.3. The van der Waals surface area contributed by atoms with Crippen molar-refractivity contribution in [2.45, 2.75) is 5.54 Å². The maximum atomic E-state index is 13.6. The number of fused-ring (bicyclic) bond motifs is 1. The van der Waals surface area contributed by atoms with Crippen molar-refractivity contribution < 1.29 is 19.2 Å². The lowest BCUT2D eigenvalue weighted by atomic mass is 9.83. The fraction of sp³-hybridized carbons (Fsp3) is 0.0714. The molecule has 0 bridgehead atoms. The first-order valence-corrected chi connectivity index (χ1v) is 11.3. The number of imide groups is 1. The second-order valence-electron chi connectivity index (χ2n) is 8.33. The maximum Gasteiger partial charge on any atom is 0.344 e. The Bertz CT molecular complexity index is 1430. The van der Waals surface area contributed by atoms with E-state index in [1.165, 1.54) is 0 Å². The molecule has 8 nitrogen and oxygen atoms in total. The molecule has 8 heteroatoms. The van der Waals surface area contributed by atoms with Crippen molar-refractivity contribution >= 4 is 34.5 Å². The van der Waals surface area contributed by atoms with E-state index in [2.05, 4.69) is 16.1 Å². The highest BCUT2D eigenvalue weighted by Gasteiger charge is 2.54. The molecule has 36 heavy (non-hydrogen) atoms. The topological polar surface area (TPSA) is 108 Å². The van der Waals surface area contributed by atoms with Crippen molar-refractivity contribution in [1.82, 2.24) is 21.1 Å². The first kappa shape index (κ1) is 22.8. The molecule has 0 spiro atoms. The summed E-state index contributed by atoms with van der Waals surface area (Å²) in [4.78, 5) is 51.7. The Morgan fingerprint density at radius 1 is 0.750 bits per heavy atom. The molecule has 5 amide bonds. The summed E-state index contributed by atoms with van der Waals surface area (Å²) < 4.78 is 0. The van der Waals surface area contributed by atoms with E-state index in [0.717, 1.165) is 10.8 Å². The van der Waals surface area contributed by atoms with Crippen LogP contribution in [-0.2, 0) is 15.1 Å².